The Labute approximate surface area is 122 Å². The second-order valence-electron chi connectivity index (χ2n) is 5.97. The summed E-state index contributed by atoms with van der Waals surface area (Å²) in [5.74, 6) is 0. The van der Waals surface area contributed by atoms with Gasteiger partial charge in [-0.2, -0.15) is 0 Å². The SMILES string of the molecule is c1ccc2c(c1)CC[C@@H](NCCCN1CCOCC1)C2. The number of fused-ring (bicyclic) bond motifs is 1. The van der Waals surface area contributed by atoms with Crippen LogP contribution in [0.4, 0.5) is 0 Å². The highest BCUT2D eigenvalue weighted by Gasteiger charge is 2.17. The van der Waals surface area contributed by atoms with Gasteiger partial charge in [0.05, 0.1) is 13.2 Å². The molecule has 0 amide bonds. The molecule has 0 bridgehead atoms. The third kappa shape index (κ3) is 3.81. The summed E-state index contributed by atoms with van der Waals surface area (Å²) in [7, 11) is 0. The summed E-state index contributed by atoms with van der Waals surface area (Å²) in [4.78, 5) is 2.52. The minimum absolute atomic E-state index is 0.676. The van der Waals surface area contributed by atoms with Gasteiger partial charge in [0, 0.05) is 19.1 Å². The van der Waals surface area contributed by atoms with Gasteiger partial charge in [0.2, 0.25) is 0 Å². The van der Waals surface area contributed by atoms with Gasteiger partial charge in [0.15, 0.2) is 0 Å². The molecule has 1 aliphatic carbocycles. The van der Waals surface area contributed by atoms with Crippen molar-refractivity contribution >= 4 is 0 Å². The highest BCUT2D eigenvalue weighted by molar-refractivity contribution is 5.30. The first kappa shape index (κ1) is 14.1. The minimum Gasteiger partial charge on any atom is -0.379 e. The Morgan fingerprint density at radius 1 is 1.15 bits per heavy atom. The molecule has 1 saturated heterocycles. The smallest absolute Gasteiger partial charge is 0.0594 e. The molecule has 1 aromatic rings. The Bertz CT molecular complexity index is 415. The molecule has 3 nitrogen and oxygen atoms in total. The van der Waals surface area contributed by atoms with E-state index in [-0.39, 0.29) is 0 Å². The normalized spacial score (nSPS) is 23.5. The van der Waals surface area contributed by atoms with Crippen LogP contribution in [0.5, 0.6) is 0 Å². The average Bonchev–Trinajstić information content (AvgIpc) is 2.52. The Hall–Kier alpha value is -0.900. The third-order valence-electron chi connectivity index (χ3n) is 4.53. The van der Waals surface area contributed by atoms with Crippen LogP contribution in [0, 0.1) is 0 Å². The molecule has 0 saturated carbocycles. The van der Waals surface area contributed by atoms with Crippen LogP contribution in [-0.4, -0.2) is 50.3 Å². The highest BCUT2D eigenvalue weighted by atomic mass is 16.5. The van der Waals surface area contributed by atoms with Crippen molar-refractivity contribution in [2.24, 2.45) is 0 Å². The van der Waals surface area contributed by atoms with E-state index in [0.717, 1.165) is 32.8 Å². The molecular weight excluding hydrogens is 248 g/mol. The molecule has 0 radical (unpaired) electrons. The molecule has 0 unspecified atom stereocenters. The van der Waals surface area contributed by atoms with Gasteiger partial charge < -0.3 is 10.1 Å². The van der Waals surface area contributed by atoms with Gasteiger partial charge >= 0.3 is 0 Å². The summed E-state index contributed by atoms with van der Waals surface area (Å²) in [6.45, 7) is 6.39. The lowest BCUT2D eigenvalue weighted by atomic mass is 9.88. The van der Waals surface area contributed by atoms with Gasteiger partial charge in [-0.1, -0.05) is 24.3 Å². The molecule has 3 rings (SSSR count). The van der Waals surface area contributed by atoms with Crippen molar-refractivity contribution in [1.82, 2.24) is 10.2 Å². The van der Waals surface area contributed by atoms with Crippen LogP contribution in [0.2, 0.25) is 0 Å². The lowest BCUT2D eigenvalue weighted by Crippen LogP contribution is -2.39. The fourth-order valence-corrected chi connectivity index (χ4v) is 3.31. The van der Waals surface area contributed by atoms with Crippen LogP contribution in [-0.2, 0) is 17.6 Å². The maximum atomic E-state index is 5.38. The van der Waals surface area contributed by atoms with Gasteiger partial charge in [-0.15, -0.1) is 0 Å². The number of aryl methyl sites for hydroxylation is 1. The molecule has 1 N–H and O–H groups in total. The molecule has 3 heteroatoms. The fraction of sp³-hybridized carbons (Fsp3) is 0.647. The van der Waals surface area contributed by atoms with Crippen molar-refractivity contribution in [1.29, 1.82) is 0 Å². The van der Waals surface area contributed by atoms with E-state index in [4.69, 9.17) is 4.74 Å². The molecule has 110 valence electrons. The maximum Gasteiger partial charge on any atom is 0.0594 e. The molecule has 0 aromatic heterocycles. The van der Waals surface area contributed by atoms with Crippen molar-refractivity contribution in [3.8, 4) is 0 Å². The van der Waals surface area contributed by atoms with E-state index in [0.29, 0.717) is 6.04 Å². The van der Waals surface area contributed by atoms with Crippen LogP contribution in [0.1, 0.15) is 24.0 Å². The summed E-state index contributed by atoms with van der Waals surface area (Å²) in [5, 5.41) is 3.74. The number of benzene rings is 1. The van der Waals surface area contributed by atoms with Crippen LogP contribution in [0.3, 0.4) is 0 Å². The first-order chi connectivity index (χ1) is 9.92. The molecule has 1 atom stereocenters. The Kier molecular flexibility index (Phi) is 5.06. The van der Waals surface area contributed by atoms with Gasteiger partial charge in [-0.25, -0.2) is 0 Å². The summed E-state index contributed by atoms with van der Waals surface area (Å²) in [6.07, 6.45) is 4.97. The first-order valence-corrected chi connectivity index (χ1v) is 8.02. The van der Waals surface area contributed by atoms with Crippen LogP contribution in [0.25, 0.3) is 0 Å². The van der Waals surface area contributed by atoms with E-state index in [1.165, 1.54) is 32.2 Å². The van der Waals surface area contributed by atoms with Crippen LogP contribution >= 0.6 is 0 Å². The number of morpholine rings is 1. The van der Waals surface area contributed by atoms with Crippen molar-refractivity contribution in [2.75, 3.05) is 39.4 Å². The zero-order valence-electron chi connectivity index (χ0n) is 12.3. The number of ether oxygens (including phenoxy) is 1. The zero-order valence-corrected chi connectivity index (χ0v) is 12.3. The van der Waals surface area contributed by atoms with E-state index in [1.807, 2.05) is 0 Å². The molecule has 1 aromatic carbocycles. The summed E-state index contributed by atoms with van der Waals surface area (Å²) < 4.78 is 5.38. The molecule has 1 heterocycles. The number of rotatable bonds is 5. The van der Waals surface area contributed by atoms with Crippen molar-refractivity contribution in [3.05, 3.63) is 35.4 Å². The Balaban J connectivity index is 1.35. The van der Waals surface area contributed by atoms with E-state index >= 15 is 0 Å². The average molecular weight is 274 g/mol. The van der Waals surface area contributed by atoms with Crippen LogP contribution < -0.4 is 5.32 Å². The van der Waals surface area contributed by atoms with Gasteiger partial charge in [0.1, 0.15) is 0 Å². The molecule has 20 heavy (non-hydrogen) atoms. The molecule has 1 fully saturated rings. The molecule has 1 aliphatic heterocycles. The fourth-order valence-electron chi connectivity index (χ4n) is 3.31. The number of hydrogen-bond donors (Lipinski definition) is 1. The predicted octanol–water partition coefficient (Wildman–Crippen LogP) is 1.86. The largest absolute Gasteiger partial charge is 0.379 e. The Morgan fingerprint density at radius 3 is 2.80 bits per heavy atom. The summed E-state index contributed by atoms with van der Waals surface area (Å²) in [5.41, 5.74) is 3.10. The summed E-state index contributed by atoms with van der Waals surface area (Å²) >= 11 is 0. The maximum absolute atomic E-state index is 5.38. The minimum atomic E-state index is 0.676. The third-order valence-corrected chi connectivity index (χ3v) is 4.53. The Morgan fingerprint density at radius 2 is 1.95 bits per heavy atom. The van der Waals surface area contributed by atoms with Crippen molar-refractivity contribution in [2.45, 2.75) is 31.7 Å². The van der Waals surface area contributed by atoms with Gasteiger partial charge in [-0.05, 0) is 49.9 Å². The second kappa shape index (κ2) is 7.21. The topological polar surface area (TPSA) is 24.5 Å². The van der Waals surface area contributed by atoms with E-state index in [1.54, 1.807) is 11.1 Å². The summed E-state index contributed by atoms with van der Waals surface area (Å²) in [6, 6.07) is 9.57. The first-order valence-electron chi connectivity index (χ1n) is 8.02. The quantitative estimate of drug-likeness (QED) is 0.830. The van der Waals surface area contributed by atoms with E-state index in [2.05, 4.69) is 34.5 Å². The lowest BCUT2D eigenvalue weighted by molar-refractivity contribution is 0.0373. The second-order valence-corrected chi connectivity index (χ2v) is 5.97. The molecule has 0 spiro atoms. The van der Waals surface area contributed by atoms with Crippen molar-refractivity contribution in [3.63, 3.8) is 0 Å². The van der Waals surface area contributed by atoms with E-state index < -0.39 is 0 Å². The van der Waals surface area contributed by atoms with Gasteiger partial charge in [0.25, 0.3) is 0 Å². The van der Waals surface area contributed by atoms with E-state index in [9.17, 15) is 0 Å². The lowest BCUT2D eigenvalue weighted by Gasteiger charge is -2.28. The standard InChI is InChI=1S/C17H26N2O/c1-2-5-16-14-17(7-6-15(16)4-1)18-8-3-9-19-10-12-20-13-11-19/h1-2,4-5,17-18H,3,6-14H2/t17-/m1/s1. The van der Waals surface area contributed by atoms with Crippen molar-refractivity contribution < 1.29 is 4.74 Å². The number of nitrogens with one attached hydrogen (secondary N) is 1. The highest BCUT2D eigenvalue weighted by Crippen LogP contribution is 2.20. The zero-order chi connectivity index (χ0) is 13.6. The monoisotopic (exact) mass is 274 g/mol. The number of nitrogens with zero attached hydrogens (tertiary/aromatic N) is 1. The van der Waals surface area contributed by atoms with Crippen LogP contribution in [0.15, 0.2) is 24.3 Å². The van der Waals surface area contributed by atoms with Gasteiger partial charge in [-0.3, -0.25) is 4.90 Å². The molecule has 2 aliphatic rings. The molecular formula is C17H26N2O. The predicted molar refractivity (Wildman–Crippen MR) is 82.1 cm³/mol. The number of hydrogen-bond acceptors (Lipinski definition) is 3.